The number of aliphatic carboxylic acids is 1. The molecule has 1 unspecified atom stereocenters. The lowest BCUT2D eigenvalue weighted by Crippen LogP contribution is -2.32. The van der Waals surface area contributed by atoms with Crippen molar-refractivity contribution in [2.24, 2.45) is 0 Å². The number of carboxylic acid groups (broad SMARTS) is 1. The Bertz CT molecular complexity index is 498. The molecule has 0 fully saturated rings. The second-order valence-electron chi connectivity index (χ2n) is 4.17. The van der Waals surface area contributed by atoms with E-state index in [1.54, 1.807) is 0 Å². The Morgan fingerprint density at radius 3 is 1.45 bits per heavy atom. The van der Waals surface area contributed by atoms with Crippen molar-refractivity contribution in [2.75, 3.05) is 0 Å². The molecule has 0 aliphatic carbocycles. The highest BCUT2D eigenvalue weighted by Crippen LogP contribution is 2.38. The van der Waals surface area contributed by atoms with Gasteiger partial charge in [0, 0.05) is 0 Å². The average Bonchev–Trinajstić information content (AvgIpc) is 2.25. The van der Waals surface area contributed by atoms with Gasteiger partial charge < -0.3 is 10.2 Å². The van der Waals surface area contributed by atoms with Crippen LogP contribution in [-0.4, -0.2) is 16.2 Å². The van der Waals surface area contributed by atoms with E-state index in [1.165, 1.54) is 0 Å². The van der Waals surface area contributed by atoms with Crippen molar-refractivity contribution in [2.45, 2.75) is 24.9 Å². The van der Waals surface area contributed by atoms with Crippen molar-refractivity contribution in [3.8, 4) is 0 Å². The van der Waals surface area contributed by atoms with Gasteiger partial charge in [-0.15, -0.1) is 0 Å². The third-order valence-electron chi connectivity index (χ3n) is 2.57. The van der Waals surface area contributed by atoms with Gasteiger partial charge in [-0.3, -0.25) is 0 Å². The molecule has 0 aliphatic rings. The number of halogens is 6. The monoisotopic (exact) mass is 302 g/mol. The minimum Gasteiger partial charge on any atom is -0.479 e. The molecule has 20 heavy (non-hydrogen) atoms. The molecule has 0 bridgehead atoms. The zero-order chi connectivity index (χ0) is 15.9. The van der Waals surface area contributed by atoms with Gasteiger partial charge in [-0.05, 0) is 30.7 Å². The number of hydrogen-bond donors (Lipinski definition) is 2. The Hall–Kier alpha value is -1.77. The largest absolute Gasteiger partial charge is 0.479 e. The molecule has 9 heteroatoms. The maximum Gasteiger partial charge on any atom is 0.416 e. The molecular formula is C11H8F6O3. The van der Waals surface area contributed by atoms with Crippen LogP contribution >= 0.6 is 0 Å². The molecule has 0 radical (unpaired) electrons. The molecule has 1 atom stereocenters. The van der Waals surface area contributed by atoms with Crippen molar-refractivity contribution >= 4 is 5.97 Å². The Labute approximate surface area is 108 Å². The van der Waals surface area contributed by atoms with Crippen molar-refractivity contribution in [1.29, 1.82) is 0 Å². The van der Waals surface area contributed by atoms with E-state index in [0.717, 1.165) is 0 Å². The maximum absolute atomic E-state index is 12.5. The predicted octanol–water partition coefficient (Wildman–Crippen LogP) is 3.02. The van der Waals surface area contributed by atoms with Crippen LogP contribution in [0.5, 0.6) is 0 Å². The number of rotatable bonds is 2. The lowest BCUT2D eigenvalue weighted by atomic mass is 9.92. The van der Waals surface area contributed by atoms with Crippen LogP contribution in [0.3, 0.4) is 0 Å². The Balaban J connectivity index is 3.59. The first kappa shape index (κ1) is 16.3. The molecule has 2 N–H and O–H groups in total. The summed E-state index contributed by atoms with van der Waals surface area (Å²) in [5.41, 5.74) is -7.26. The lowest BCUT2D eigenvalue weighted by Gasteiger charge is -2.21. The summed E-state index contributed by atoms with van der Waals surface area (Å²) in [7, 11) is 0. The van der Waals surface area contributed by atoms with Gasteiger partial charge in [-0.25, -0.2) is 4.79 Å². The molecule has 0 saturated heterocycles. The van der Waals surface area contributed by atoms with Crippen molar-refractivity contribution in [3.05, 3.63) is 34.9 Å². The molecule has 0 aromatic heterocycles. The van der Waals surface area contributed by atoms with Gasteiger partial charge in [0.25, 0.3) is 0 Å². The molecule has 1 rings (SSSR count). The van der Waals surface area contributed by atoms with E-state index in [1.807, 2.05) is 0 Å². The zero-order valence-electron chi connectivity index (χ0n) is 9.80. The van der Waals surface area contributed by atoms with Gasteiger partial charge in [-0.1, -0.05) is 0 Å². The molecule has 0 aliphatic heterocycles. The molecule has 1 aromatic rings. The minimum absolute atomic E-state index is 0.151. The van der Waals surface area contributed by atoms with E-state index in [4.69, 9.17) is 5.11 Å². The van der Waals surface area contributed by atoms with Gasteiger partial charge in [-0.2, -0.15) is 26.3 Å². The highest BCUT2D eigenvalue weighted by molar-refractivity contribution is 5.78. The van der Waals surface area contributed by atoms with Crippen LogP contribution < -0.4 is 0 Å². The summed E-state index contributed by atoms with van der Waals surface area (Å²) in [5, 5.41) is 18.2. The first-order valence-electron chi connectivity index (χ1n) is 5.02. The first-order valence-corrected chi connectivity index (χ1v) is 5.02. The van der Waals surface area contributed by atoms with Gasteiger partial charge in [0.15, 0.2) is 5.60 Å². The van der Waals surface area contributed by atoms with E-state index in [-0.39, 0.29) is 18.2 Å². The second-order valence-corrected chi connectivity index (χ2v) is 4.17. The van der Waals surface area contributed by atoms with Gasteiger partial charge in [0.05, 0.1) is 11.1 Å². The highest BCUT2D eigenvalue weighted by Gasteiger charge is 2.41. The fourth-order valence-electron chi connectivity index (χ4n) is 1.36. The number of alkyl halides is 6. The SMILES string of the molecule is CC(O)(C(=O)O)c1cc(C(F)(F)F)cc(C(F)(F)F)c1. The number of carboxylic acids is 1. The Morgan fingerprint density at radius 2 is 1.20 bits per heavy atom. The van der Waals surface area contributed by atoms with Crippen LogP contribution in [-0.2, 0) is 22.7 Å². The predicted molar refractivity (Wildman–Crippen MR) is 53.7 cm³/mol. The van der Waals surface area contributed by atoms with E-state index in [9.17, 15) is 36.2 Å². The van der Waals surface area contributed by atoms with Crippen LogP contribution in [0.15, 0.2) is 18.2 Å². The maximum atomic E-state index is 12.5. The molecular weight excluding hydrogens is 294 g/mol. The minimum atomic E-state index is -5.11. The molecule has 3 nitrogen and oxygen atoms in total. The highest BCUT2D eigenvalue weighted by atomic mass is 19.4. The number of benzene rings is 1. The number of hydrogen-bond acceptors (Lipinski definition) is 2. The summed E-state index contributed by atoms with van der Waals surface area (Å²) < 4.78 is 75.2. The molecule has 0 amide bonds. The van der Waals surface area contributed by atoms with Crippen molar-refractivity contribution < 1.29 is 41.4 Å². The summed E-state index contributed by atoms with van der Waals surface area (Å²) in [6.07, 6.45) is -10.2. The Morgan fingerprint density at radius 1 is 0.900 bits per heavy atom. The Kier molecular flexibility index (Phi) is 3.79. The normalized spacial score (nSPS) is 15.8. The van der Waals surface area contributed by atoms with Crippen LogP contribution in [0.1, 0.15) is 23.6 Å². The molecule has 0 spiro atoms. The molecule has 0 saturated carbocycles. The number of aliphatic hydroxyl groups is 1. The van der Waals surface area contributed by atoms with E-state index in [2.05, 4.69) is 0 Å². The first-order chi connectivity index (χ1) is 8.76. The van der Waals surface area contributed by atoms with Gasteiger partial charge >= 0.3 is 18.3 Å². The second kappa shape index (κ2) is 4.65. The van der Waals surface area contributed by atoms with Gasteiger partial charge in [0.2, 0.25) is 0 Å². The van der Waals surface area contributed by atoms with Crippen LogP contribution in [0.4, 0.5) is 26.3 Å². The van der Waals surface area contributed by atoms with Crippen LogP contribution in [0, 0.1) is 0 Å². The van der Waals surface area contributed by atoms with E-state index >= 15 is 0 Å². The zero-order valence-corrected chi connectivity index (χ0v) is 9.80. The van der Waals surface area contributed by atoms with Crippen LogP contribution in [0.25, 0.3) is 0 Å². The molecule has 0 heterocycles. The third kappa shape index (κ3) is 3.21. The summed E-state index contributed by atoms with van der Waals surface area (Å²) in [6.45, 7) is 0.588. The van der Waals surface area contributed by atoms with Crippen LogP contribution in [0.2, 0.25) is 0 Å². The summed E-state index contributed by atoms with van der Waals surface area (Å²) >= 11 is 0. The topological polar surface area (TPSA) is 57.5 Å². The average molecular weight is 302 g/mol. The molecule has 112 valence electrons. The summed E-state index contributed by atoms with van der Waals surface area (Å²) in [6, 6.07) is 0.189. The third-order valence-corrected chi connectivity index (χ3v) is 2.57. The standard InChI is InChI=1S/C11H8F6O3/c1-9(20,8(18)19)5-2-6(10(12,13)14)4-7(3-5)11(15,16)17/h2-4,20H,1H3,(H,18,19). The van der Waals surface area contributed by atoms with Gasteiger partial charge in [0.1, 0.15) is 0 Å². The number of carbonyl (C=O) groups is 1. The fourth-order valence-corrected chi connectivity index (χ4v) is 1.36. The summed E-state index contributed by atoms with van der Waals surface area (Å²) in [5.74, 6) is -1.97. The lowest BCUT2D eigenvalue weighted by molar-refractivity contribution is -0.158. The van der Waals surface area contributed by atoms with Crippen molar-refractivity contribution in [1.82, 2.24) is 0 Å². The smallest absolute Gasteiger partial charge is 0.416 e. The summed E-state index contributed by atoms with van der Waals surface area (Å²) in [4.78, 5) is 10.7. The molecule has 1 aromatic carbocycles. The van der Waals surface area contributed by atoms with E-state index < -0.39 is 40.6 Å². The fraction of sp³-hybridized carbons (Fsp3) is 0.364. The van der Waals surface area contributed by atoms with E-state index in [0.29, 0.717) is 6.92 Å². The van der Waals surface area contributed by atoms with Crippen molar-refractivity contribution in [3.63, 3.8) is 0 Å². The quantitative estimate of drug-likeness (QED) is 0.826.